The van der Waals surface area contributed by atoms with Crippen LogP contribution in [0.1, 0.15) is 25.1 Å². The minimum Gasteiger partial charge on any atom is -0.389 e. The third-order valence-corrected chi connectivity index (χ3v) is 2.30. The summed E-state index contributed by atoms with van der Waals surface area (Å²) in [6.07, 6.45) is 0. The maximum atomic E-state index is 9.78. The fourth-order valence-corrected chi connectivity index (χ4v) is 1.72. The van der Waals surface area contributed by atoms with E-state index in [1.165, 1.54) is 0 Å². The zero-order valence-corrected chi connectivity index (χ0v) is 10.5. The van der Waals surface area contributed by atoms with Crippen LogP contribution in [0.15, 0.2) is 12.1 Å². The number of rotatable bonds is 4. The van der Waals surface area contributed by atoms with E-state index in [1.54, 1.807) is 13.8 Å². The summed E-state index contributed by atoms with van der Waals surface area (Å²) in [5.41, 5.74) is 6.88. The highest BCUT2D eigenvalue weighted by Gasteiger charge is 2.18. The maximum absolute atomic E-state index is 9.78. The topological polar surface area (TPSA) is 62.4 Å². The van der Waals surface area contributed by atoms with Gasteiger partial charge >= 0.3 is 0 Å². The average Bonchev–Trinajstić information content (AvgIpc) is 2.15. The van der Waals surface area contributed by atoms with Crippen LogP contribution in [0.3, 0.4) is 0 Å². The van der Waals surface area contributed by atoms with E-state index >= 15 is 0 Å². The van der Waals surface area contributed by atoms with Gasteiger partial charge in [0.1, 0.15) is 5.82 Å². The zero-order valence-electron chi connectivity index (χ0n) is 10.5. The Bertz CT molecular complexity index is 358. The van der Waals surface area contributed by atoms with Crippen molar-refractivity contribution in [3.63, 3.8) is 0 Å². The van der Waals surface area contributed by atoms with E-state index in [2.05, 4.69) is 4.98 Å². The lowest BCUT2D eigenvalue weighted by molar-refractivity contribution is 0.0884. The van der Waals surface area contributed by atoms with Gasteiger partial charge in [-0.1, -0.05) is 6.07 Å². The summed E-state index contributed by atoms with van der Waals surface area (Å²) in [7, 11) is 1.92. The number of pyridine rings is 1. The van der Waals surface area contributed by atoms with Crippen LogP contribution in [-0.2, 0) is 6.54 Å². The number of nitrogens with zero attached hydrogens (tertiary/aromatic N) is 2. The number of aryl methyl sites for hydroxylation is 1. The number of aliphatic hydroxyl groups is 1. The van der Waals surface area contributed by atoms with E-state index in [9.17, 15) is 5.11 Å². The van der Waals surface area contributed by atoms with Gasteiger partial charge in [-0.25, -0.2) is 4.98 Å². The number of hydrogen-bond donors (Lipinski definition) is 2. The molecule has 0 saturated carbocycles. The molecule has 0 aliphatic heterocycles. The Labute approximate surface area is 97.1 Å². The second-order valence-corrected chi connectivity index (χ2v) is 4.81. The van der Waals surface area contributed by atoms with Gasteiger partial charge in [-0.2, -0.15) is 0 Å². The van der Waals surface area contributed by atoms with Gasteiger partial charge in [0.15, 0.2) is 0 Å². The third-order valence-electron chi connectivity index (χ3n) is 2.30. The lowest BCUT2D eigenvalue weighted by atomic mass is 10.1. The molecule has 0 unspecified atom stereocenters. The first-order chi connectivity index (χ1) is 7.33. The molecule has 0 spiro atoms. The van der Waals surface area contributed by atoms with Crippen molar-refractivity contribution in [1.82, 2.24) is 4.98 Å². The Balaban J connectivity index is 2.97. The highest BCUT2D eigenvalue weighted by atomic mass is 16.3. The molecule has 0 radical (unpaired) electrons. The standard InChI is InChI=1S/C12H21N3O/c1-9-5-6-10(7-13)11(14-9)15(4)8-12(2,3)16/h5-6,16H,7-8,13H2,1-4H3. The Morgan fingerprint density at radius 3 is 2.56 bits per heavy atom. The lowest BCUT2D eigenvalue weighted by Crippen LogP contribution is -2.37. The second kappa shape index (κ2) is 4.80. The Kier molecular flexibility index (Phi) is 3.88. The lowest BCUT2D eigenvalue weighted by Gasteiger charge is -2.28. The molecule has 0 amide bonds. The third kappa shape index (κ3) is 3.47. The predicted molar refractivity (Wildman–Crippen MR) is 66.4 cm³/mol. The summed E-state index contributed by atoms with van der Waals surface area (Å²) in [4.78, 5) is 6.40. The van der Waals surface area contributed by atoms with Crippen molar-refractivity contribution in [3.05, 3.63) is 23.4 Å². The molecule has 0 bridgehead atoms. The molecule has 90 valence electrons. The second-order valence-electron chi connectivity index (χ2n) is 4.81. The van der Waals surface area contributed by atoms with Crippen molar-refractivity contribution >= 4 is 5.82 Å². The van der Waals surface area contributed by atoms with Crippen LogP contribution in [0.4, 0.5) is 5.82 Å². The van der Waals surface area contributed by atoms with E-state index in [-0.39, 0.29) is 0 Å². The van der Waals surface area contributed by atoms with Crippen LogP contribution in [0.5, 0.6) is 0 Å². The molecule has 4 heteroatoms. The highest BCUT2D eigenvalue weighted by Crippen LogP contribution is 2.18. The molecular formula is C12H21N3O. The summed E-state index contributed by atoms with van der Waals surface area (Å²) in [5, 5.41) is 9.78. The normalized spacial score (nSPS) is 11.6. The molecule has 4 nitrogen and oxygen atoms in total. The van der Waals surface area contributed by atoms with Crippen LogP contribution in [0, 0.1) is 6.92 Å². The van der Waals surface area contributed by atoms with Crippen LogP contribution < -0.4 is 10.6 Å². The van der Waals surface area contributed by atoms with Crippen molar-refractivity contribution in [2.45, 2.75) is 32.9 Å². The Morgan fingerprint density at radius 2 is 2.06 bits per heavy atom. The molecule has 1 aromatic heterocycles. The van der Waals surface area contributed by atoms with Gasteiger partial charge in [0.25, 0.3) is 0 Å². The van der Waals surface area contributed by atoms with Crippen LogP contribution >= 0.6 is 0 Å². The largest absolute Gasteiger partial charge is 0.389 e. The first kappa shape index (κ1) is 12.9. The molecular weight excluding hydrogens is 202 g/mol. The first-order valence-corrected chi connectivity index (χ1v) is 5.43. The highest BCUT2D eigenvalue weighted by molar-refractivity contribution is 5.47. The minimum atomic E-state index is -0.744. The van der Waals surface area contributed by atoms with Gasteiger partial charge in [-0.3, -0.25) is 0 Å². The van der Waals surface area contributed by atoms with E-state index in [0.29, 0.717) is 13.1 Å². The number of aromatic nitrogens is 1. The number of nitrogens with two attached hydrogens (primary N) is 1. The van der Waals surface area contributed by atoms with E-state index in [0.717, 1.165) is 17.1 Å². The molecule has 0 fully saturated rings. The van der Waals surface area contributed by atoms with Gasteiger partial charge in [0, 0.05) is 31.4 Å². The van der Waals surface area contributed by atoms with E-state index in [4.69, 9.17) is 5.73 Å². The summed E-state index contributed by atoms with van der Waals surface area (Å²) in [6, 6.07) is 3.93. The van der Waals surface area contributed by atoms with Crippen molar-refractivity contribution in [3.8, 4) is 0 Å². The summed E-state index contributed by atoms with van der Waals surface area (Å²) in [6.45, 7) is 6.49. The van der Waals surface area contributed by atoms with E-state index < -0.39 is 5.60 Å². The summed E-state index contributed by atoms with van der Waals surface area (Å²) < 4.78 is 0. The Morgan fingerprint density at radius 1 is 1.44 bits per heavy atom. The van der Waals surface area contributed by atoms with Crippen molar-refractivity contribution in [2.24, 2.45) is 5.73 Å². The smallest absolute Gasteiger partial charge is 0.133 e. The van der Waals surface area contributed by atoms with Crippen LogP contribution in [0.2, 0.25) is 0 Å². The van der Waals surface area contributed by atoms with Gasteiger partial charge in [0.05, 0.1) is 5.60 Å². The monoisotopic (exact) mass is 223 g/mol. The zero-order chi connectivity index (χ0) is 12.3. The van der Waals surface area contributed by atoms with Crippen molar-refractivity contribution < 1.29 is 5.11 Å². The number of anilines is 1. The number of likely N-dealkylation sites (N-methyl/N-ethyl adjacent to an activating group) is 1. The molecule has 1 rings (SSSR count). The van der Waals surface area contributed by atoms with Gasteiger partial charge in [0.2, 0.25) is 0 Å². The van der Waals surface area contributed by atoms with Gasteiger partial charge < -0.3 is 15.7 Å². The van der Waals surface area contributed by atoms with Crippen LogP contribution in [-0.4, -0.2) is 29.3 Å². The quantitative estimate of drug-likeness (QED) is 0.801. The Hall–Kier alpha value is -1.13. The summed E-state index contributed by atoms with van der Waals surface area (Å²) in [5.74, 6) is 0.852. The fraction of sp³-hybridized carbons (Fsp3) is 0.583. The molecule has 0 saturated heterocycles. The van der Waals surface area contributed by atoms with Crippen molar-refractivity contribution in [1.29, 1.82) is 0 Å². The van der Waals surface area contributed by atoms with Crippen LogP contribution in [0.25, 0.3) is 0 Å². The predicted octanol–water partition coefficient (Wildman–Crippen LogP) is 1.06. The SMILES string of the molecule is Cc1ccc(CN)c(N(C)CC(C)(C)O)n1. The summed E-state index contributed by atoms with van der Waals surface area (Å²) >= 11 is 0. The molecule has 1 heterocycles. The molecule has 16 heavy (non-hydrogen) atoms. The number of hydrogen-bond acceptors (Lipinski definition) is 4. The molecule has 0 atom stereocenters. The van der Waals surface area contributed by atoms with Crippen molar-refractivity contribution in [2.75, 3.05) is 18.5 Å². The molecule has 0 aromatic carbocycles. The minimum absolute atomic E-state index is 0.457. The fourth-order valence-electron chi connectivity index (χ4n) is 1.72. The first-order valence-electron chi connectivity index (χ1n) is 5.43. The molecule has 0 aliphatic rings. The maximum Gasteiger partial charge on any atom is 0.133 e. The molecule has 1 aromatic rings. The van der Waals surface area contributed by atoms with Gasteiger partial charge in [-0.15, -0.1) is 0 Å². The van der Waals surface area contributed by atoms with Gasteiger partial charge in [-0.05, 0) is 26.8 Å². The average molecular weight is 223 g/mol. The molecule has 3 N–H and O–H groups in total. The van der Waals surface area contributed by atoms with E-state index in [1.807, 2.05) is 31.0 Å². The molecule has 0 aliphatic carbocycles.